The van der Waals surface area contributed by atoms with Gasteiger partial charge in [-0.15, -0.1) is 0 Å². The van der Waals surface area contributed by atoms with Gasteiger partial charge in [0.2, 0.25) is 5.91 Å². The lowest BCUT2D eigenvalue weighted by molar-refractivity contribution is -0.869. The second kappa shape index (κ2) is 12.4. The van der Waals surface area contributed by atoms with E-state index < -0.39 is 29.2 Å². The van der Waals surface area contributed by atoms with Crippen LogP contribution >= 0.6 is 0 Å². The first-order chi connectivity index (χ1) is 21.0. The molecule has 0 saturated heterocycles. The maximum atomic E-state index is 14.0. The van der Waals surface area contributed by atoms with Gasteiger partial charge in [-0.1, -0.05) is 18.2 Å². The molecule has 0 spiro atoms. The number of rotatable bonds is 9. The molecule has 4 rings (SSSR count). The van der Waals surface area contributed by atoms with Gasteiger partial charge in [-0.25, -0.2) is 14.2 Å². The minimum atomic E-state index is -4.67. The molecular weight excluding hydrogens is 589 g/mol. The Kier molecular flexibility index (Phi) is 9.06. The first-order valence-electron chi connectivity index (χ1n) is 13.9. The van der Waals surface area contributed by atoms with Crippen molar-refractivity contribution >= 4 is 17.5 Å². The Morgan fingerprint density at radius 3 is 2.36 bits per heavy atom. The first-order valence-corrected chi connectivity index (χ1v) is 13.9. The number of hydrogen-bond donors (Lipinski definition) is 1. The SMILES string of the molecule is [C-]#[N+]c1ccc(-n2nccc2-c2c(C(=O)N[C@@H](C)C(=O)N(C)CC[N+](C)(C)C)c(=O)n(-c3cccc(C(F)(F)F)c3)n2C)cc1. The highest BCUT2D eigenvalue weighted by molar-refractivity contribution is 6.02. The molecule has 0 fully saturated rings. The van der Waals surface area contributed by atoms with Crippen LogP contribution in [-0.2, 0) is 18.0 Å². The van der Waals surface area contributed by atoms with Crippen LogP contribution in [0.15, 0.2) is 65.6 Å². The highest BCUT2D eigenvalue weighted by atomic mass is 19.4. The van der Waals surface area contributed by atoms with Crippen molar-refractivity contribution in [1.82, 2.24) is 29.4 Å². The van der Waals surface area contributed by atoms with Crippen molar-refractivity contribution < 1.29 is 27.2 Å². The third kappa shape index (κ3) is 6.99. The summed E-state index contributed by atoms with van der Waals surface area (Å²) in [6, 6.07) is 11.2. The number of carbonyl (C=O) groups excluding carboxylic acids is 2. The number of carbonyl (C=O) groups is 2. The van der Waals surface area contributed by atoms with Crippen molar-refractivity contribution in [1.29, 1.82) is 0 Å². The highest BCUT2D eigenvalue weighted by Crippen LogP contribution is 2.31. The molecule has 2 aromatic heterocycles. The fraction of sp³-hybridized carbons (Fsp3) is 0.323. The maximum absolute atomic E-state index is 14.0. The number of hydrogen-bond acceptors (Lipinski definition) is 4. The molecule has 0 aliphatic heterocycles. The molecule has 0 radical (unpaired) electrons. The summed E-state index contributed by atoms with van der Waals surface area (Å²) < 4.78 is 45.1. The Hall–Kier alpha value is -5.16. The Morgan fingerprint density at radius 1 is 1.09 bits per heavy atom. The molecule has 4 aromatic rings. The predicted octanol–water partition coefficient (Wildman–Crippen LogP) is 3.88. The largest absolute Gasteiger partial charge is 0.416 e. The second-order valence-corrected chi connectivity index (χ2v) is 11.6. The zero-order valence-corrected chi connectivity index (χ0v) is 25.8. The van der Waals surface area contributed by atoms with Crippen LogP contribution in [0, 0.1) is 6.57 Å². The molecule has 1 atom stereocenters. The minimum Gasteiger partial charge on any atom is -0.340 e. The smallest absolute Gasteiger partial charge is 0.340 e. The van der Waals surface area contributed by atoms with E-state index in [1.807, 2.05) is 21.1 Å². The van der Waals surface area contributed by atoms with Crippen molar-refractivity contribution in [2.45, 2.75) is 19.1 Å². The molecule has 0 saturated carbocycles. The quantitative estimate of drug-likeness (QED) is 0.226. The summed E-state index contributed by atoms with van der Waals surface area (Å²) in [5.41, 5.74) is -1.13. The Labute approximate surface area is 258 Å². The van der Waals surface area contributed by atoms with Crippen LogP contribution in [0.3, 0.4) is 0 Å². The van der Waals surface area contributed by atoms with E-state index >= 15 is 0 Å². The van der Waals surface area contributed by atoms with Gasteiger partial charge in [0.25, 0.3) is 11.5 Å². The average Bonchev–Trinajstić information content (AvgIpc) is 3.56. The van der Waals surface area contributed by atoms with E-state index in [1.165, 1.54) is 46.6 Å². The molecule has 2 aromatic carbocycles. The van der Waals surface area contributed by atoms with Gasteiger partial charge in [-0.3, -0.25) is 19.1 Å². The number of alkyl halides is 3. The Morgan fingerprint density at radius 2 is 1.76 bits per heavy atom. The highest BCUT2D eigenvalue weighted by Gasteiger charge is 2.33. The molecular formula is C31H34F3N8O3+. The third-order valence-corrected chi connectivity index (χ3v) is 7.22. The lowest BCUT2D eigenvalue weighted by atomic mass is 10.1. The first kappa shape index (κ1) is 32.7. The summed E-state index contributed by atoms with van der Waals surface area (Å²) in [5, 5.41) is 6.96. The lowest BCUT2D eigenvalue weighted by Gasteiger charge is -2.28. The van der Waals surface area contributed by atoms with Crippen LogP contribution in [0.5, 0.6) is 0 Å². The van der Waals surface area contributed by atoms with Crippen LogP contribution < -0.4 is 10.9 Å². The van der Waals surface area contributed by atoms with Gasteiger partial charge in [0.1, 0.15) is 17.3 Å². The van der Waals surface area contributed by atoms with Crippen molar-refractivity contribution in [3.05, 3.63) is 93.7 Å². The Bertz CT molecular complexity index is 1820. The number of amides is 2. The summed E-state index contributed by atoms with van der Waals surface area (Å²) in [6.07, 6.45) is -3.22. The Balaban J connectivity index is 1.84. The monoisotopic (exact) mass is 623 g/mol. The summed E-state index contributed by atoms with van der Waals surface area (Å²) in [6.45, 7) is 9.80. The topological polar surface area (TPSA) is 98.5 Å². The third-order valence-electron chi connectivity index (χ3n) is 7.22. The van der Waals surface area contributed by atoms with E-state index in [2.05, 4.69) is 15.3 Å². The van der Waals surface area contributed by atoms with Crippen LogP contribution in [0.1, 0.15) is 22.8 Å². The van der Waals surface area contributed by atoms with Crippen molar-refractivity contribution in [2.24, 2.45) is 7.05 Å². The number of benzene rings is 2. The van der Waals surface area contributed by atoms with Gasteiger partial charge in [0, 0.05) is 14.1 Å². The predicted molar refractivity (Wildman–Crippen MR) is 162 cm³/mol. The van der Waals surface area contributed by atoms with E-state index in [4.69, 9.17) is 6.57 Å². The minimum absolute atomic E-state index is 0.0553. The van der Waals surface area contributed by atoms with E-state index in [1.54, 1.807) is 37.4 Å². The molecule has 2 heterocycles. The fourth-order valence-corrected chi connectivity index (χ4v) is 4.79. The molecule has 0 aliphatic carbocycles. The standard InChI is InChI=1S/C31H33F3N8O3/c1-20(29(44)38(3)17-18-42(5,6)7)37-28(43)26-27(25-15-16-36-40(25)23-13-11-22(35-2)12-14-23)39(4)41(30(26)45)24-10-8-9-21(19-24)31(32,33)34/h8-16,19-20H,17-18H2,1,3-7H3/p+1/t20-/m0/s1. The molecule has 0 unspecified atom stereocenters. The zero-order valence-electron chi connectivity index (χ0n) is 25.8. The molecule has 236 valence electrons. The molecule has 1 N–H and O–H groups in total. The van der Waals surface area contributed by atoms with Crippen LogP contribution in [-0.4, -0.2) is 87.7 Å². The summed E-state index contributed by atoms with van der Waals surface area (Å²) in [4.78, 5) is 45.8. The van der Waals surface area contributed by atoms with E-state index in [0.29, 0.717) is 28.9 Å². The summed E-state index contributed by atoms with van der Waals surface area (Å²) >= 11 is 0. The van der Waals surface area contributed by atoms with Gasteiger partial charge in [-0.05, 0) is 43.3 Å². The zero-order chi connectivity index (χ0) is 33.3. The van der Waals surface area contributed by atoms with Gasteiger partial charge in [0.05, 0.1) is 69.6 Å². The number of nitrogens with one attached hydrogen (secondary N) is 1. The summed E-state index contributed by atoms with van der Waals surface area (Å²) in [5.74, 6) is -1.26. The van der Waals surface area contributed by atoms with E-state index in [9.17, 15) is 27.6 Å². The van der Waals surface area contributed by atoms with Gasteiger partial charge in [-0.2, -0.15) is 18.3 Å². The van der Waals surface area contributed by atoms with Gasteiger partial charge in [0.15, 0.2) is 5.69 Å². The number of aromatic nitrogens is 4. The summed E-state index contributed by atoms with van der Waals surface area (Å²) in [7, 11) is 9.02. The lowest BCUT2D eigenvalue weighted by Crippen LogP contribution is -2.49. The average molecular weight is 624 g/mol. The molecule has 0 bridgehead atoms. The fourth-order valence-electron chi connectivity index (χ4n) is 4.79. The van der Waals surface area contributed by atoms with Gasteiger partial charge < -0.3 is 14.7 Å². The molecule has 2 amide bonds. The van der Waals surface area contributed by atoms with Gasteiger partial charge >= 0.3 is 6.18 Å². The molecule has 45 heavy (non-hydrogen) atoms. The number of halogens is 3. The van der Waals surface area contributed by atoms with E-state index in [0.717, 1.165) is 16.8 Å². The maximum Gasteiger partial charge on any atom is 0.416 e. The second-order valence-electron chi connectivity index (χ2n) is 11.6. The van der Waals surface area contributed by atoms with Crippen LogP contribution in [0.2, 0.25) is 0 Å². The normalized spacial score (nSPS) is 12.4. The molecule has 11 nitrogen and oxygen atoms in total. The molecule has 14 heteroatoms. The number of likely N-dealkylation sites (N-methyl/N-ethyl adjacent to an activating group) is 2. The van der Waals surface area contributed by atoms with Crippen molar-refractivity contribution in [2.75, 3.05) is 41.3 Å². The van der Waals surface area contributed by atoms with Crippen molar-refractivity contribution in [3.63, 3.8) is 0 Å². The number of nitrogens with zero attached hydrogens (tertiary/aromatic N) is 7. The van der Waals surface area contributed by atoms with Crippen LogP contribution in [0.4, 0.5) is 18.9 Å². The van der Waals surface area contributed by atoms with Crippen LogP contribution in [0.25, 0.3) is 27.6 Å². The number of quaternary nitrogens is 1. The van der Waals surface area contributed by atoms with Crippen molar-refractivity contribution in [3.8, 4) is 22.8 Å². The molecule has 0 aliphatic rings. The van der Waals surface area contributed by atoms with E-state index in [-0.39, 0.29) is 28.5 Å².